The number of carbonyl (C=O) groups excluding carboxylic acids is 3. The van der Waals surface area contributed by atoms with Crippen molar-refractivity contribution in [2.24, 2.45) is 0 Å². The predicted molar refractivity (Wildman–Crippen MR) is 95.3 cm³/mol. The van der Waals surface area contributed by atoms with E-state index in [4.69, 9.17) is 21.1 Å². The van der Waals surface area contributed by atoms with Crippen molar-refractivity contribution in [1.82, 2.24) is 0 Å². The van der Waals surface area contributed by atoms with Gasteiger partial charge >= 0.3 is 23.7 Å². The fourth-order valence-electron chi connectivity index (χ4n) is 2.25. The van der Waals surface area contributed by atoms with Gasteiger partial charge in [0.25, 0.3) is 0 Å². The molecule has 0 rings (SSSR count). The maximum absolute atomic E-state index is 11.8. The Morgan fingerprint density at radius 3 is 1.80 bits per heavy atom. The SMILES string of the molecule is CCCCCCCCCCCC(=O)OC(OC(=O)Cl)C(=O)OC(C)C. The van der Waals surface area contributed by atoms with Crippen LogP contribution in [0.3, 0.4) is 0 Å². The molecule has 0 aromatic heterocycles. The van der Waals surface area contributed by atoms with Crippen molar-refractivity contribution in [3.05, 3.63) is 0 Å². The zero-order valence-electron chi connectivity index (χ0n) is 15.6. The van der Waals surface area contributed by atoms with Gasteiger partial charge in [-0.15, -0.1) is 0 Å². The highest BCUT2D eigenvalue weighted by atomic mass is 35.5. The topological polar surface area (TPSA) is 78.9 Å². The number of ether oxygens (including phenoxy) is 3. The second-order valence-electron chi connectivity index (χ2n) is 6.24. The summed E-state index contributed by atoms with van der Waals surface area (Å²) in [6.07, 6.45) is 8.08. The summed E-state index contributed by atoms with van der Waals surface area (Å²) in [5.74, 6) is -1.57. The highest BCUT2D eigenvalue weighted by Crippen LogP contribution is 2.12. The second-order valence-corrected chi connectivity index (χ2v) is 6.55. The molecule has 1 unspecified atom stereocenters. The molecule has 0 N–H and O–H groups in total. The maximum Gasteiger partial charge on any atom is 0.407 e. The predicted octanol–water partition coefficient (Wildman–Crippen LogP) is 5.10. The second kappa shape index (κ2) is 15.0. The molecule has 0 bridgehead atoms. The number of rotatable bonds is 14. The lowest BCUT2D eigenvalue weighted by Gasteiger charge is -2.17. The molecule has 0 aliphatic rings. The van der Waals surface area contributed by atoms with Crippen LogP contribution in [-0.2, 0) is 23.8 Å². The lowest BCUT2D eigenvalue weighted by molar-refractivity contribution is -0.192. The zero-order valence-corrected chi connectivity index (χ0v) is 16.3. The van der Waals surface area contributed by atoms with Crippen molar-refractivity contribution in [3.63, 3.8) is 0 Å². The van der Waals surface area contributed by atoms with E-state index in [2.05, 4.69) is 11.7 Å². The molecule has 0 aliphatic heterocycles. The number of hydrogen-bond acceptors (Lipinski definition) is 6. The molecular weight excluding hydrogens is 348 g/mol. The van der Waals surface area contributed by atoms with E-state index in [-0.39, 0.29) is 6.42 Å². The Hall–Kier alpha value is -1.30. The Balaban J connectivity index is 3.94. The molecule has 0 fully saturated rings. The van der Waals surface area contributed by atoms with Crippen molar-refractivity contribution in [3.8, 4) is 0 Å². The fraction of sp³-hybridized carbons (Fsp3) is 0.833. The van der Waals surface area contributed by atoms with Crippen LogP contribution in [-0.4, -0.2) is 29.8 Å². The average molecular weight is 379 g/mol. The van der Waals surface area contributed by atoms with Crippen molar-refractivity contribution in [2.75, 3.05) is 0 Å². The van der Waals surface area contributed by atoms with Crippen LogP contribution in [0.25, 0.3) is 0 Å². The molecule has 0 aliphatic carbocycles. The van der Waals surface area contributed by atoms with Gasteiger partial charge in [-0.25, -0.2) is 9.59 Å². The summed E-state index contributed by atoms with van der Waals surface area (Å²) < 4.78 is 14.2. The summed E-state index contributed by atoms with van der Waals surface area (Å²) in [4.78, 5) is 34.3. The summed E-state index contributed by atoms with van der Waals surface area (Å²) >= 11 is 5.08. The number of hydrogen-bond donors (Lipinski definition) is 0. The molecule has 0 radical (unpaired) electrons. The molecule has 1 atom stereocenters. The smallest absolute Gasteiger partial charge is 0.407 e. The summed E-state index contributed by atoms with van der Waals surface area (Å²) in [6.45, 7) is 5.45. The average Bonchev–Trinajstić information content (AvgIpc) is 2.51. The van der Waals surface area contributed by atoms with E-state index in [1.807, 2.05) is 0 Å². The molecule has 0 amide bonds. The molecule has 7 heteroatoms. The van der Waals surface area contributed by atoms with Gasteiger partial charge in [-0.1, -0.05) is 58.3 Å². The van der Waals surface area contributed by atoms with Gasteiger partial charge in [0, 0.05) is 18.0 Å². The summed E-state index contributed by atoms with van der Waals surface area (Å²) in [5, 5.41) is 0. The normalized spacial score (nSPS) is 11.9. The molecule has 6 nitrogen and oxygen atoms in total. The van der Waals surface area contributed by atoms with E-state index in [0.717, 1.165) is 19.3 Å². The molecule has 0 spiro atoms. The molecule has 146 valence electrons. The maximum atomic E-state index is 11.8. The first-order valence-corrected chi connectivity index (χ1v) is 9.50. The van der Waals surface area contributed by atoms with Gasteiger partial charge in [-0.3, -0.25) is 4.79 Å². The number of halogens is 1. The molecule has 0 aromatic carbocycles. The first-order valence-electron chi connectivity index (χ1n) is 9.12. The fourth-order valence-corrected chi connectivity index (χ4v) is 2.33. The van der Waals surface area contributed by atoms with Crippen LogP contribution < -0.4 is 0 Å². The van der Waals surface area contributed by atoms with Gasteiger partial charge in [-0.05, 0) is 20.3 Å². The number of unbranched alkanes of at least 4 members (excludes halogenated alkanes) is 8. The van der Waals surface area contributed by atoms with Crippen molar-refractivity contribution in [2.45, 2.75) is 97.4 Å². The molecular formula is C18H31ClO6. The zero-order chi connectivity index (χ0) is 19.1. The quantitative estimate of drug-likeness (QED) is 0.181. The Morgan fingerprint density at radius 2 is 1.32 bits per heavy atom. The highest BCUT2D eigenvalue weighted by molar-refractivity contribution is 6.61. The van der Waals surface area contributed by atoms with Gasteiger partial charge in [0.15, 0.2) is 0 Å². The third-order valence-electron chi connectivity index (χ3n) is 3.47. The highest BCUT2D eigenvalue weighted by Gasteiger charge is 2.28. The Morgan fingerprint density at radius 1 is 0.800 bits per heavy atom. The van der Waals surface area contributed by atoms with Crippen LogP contribution in [0.2, 0.25) is 0 Å². The van der Waals surface area contributed by atoms with Crippen LogP contribution in [0.1, 0.15) is 85.0 Å². The largest absolute Gasteiger partial charge is 0.457 e. The summed E-state index contributed by atoms with van der Waals surface area (Å²) in [6, 6.07) is 0. The minimum atomic E-state index is -1.75. The van der Waals surface area contributed by atoms with E-state index in [1.54, 1.807) is 13.8 Å². The summed E-state index contributed by atoms with van der Waals surface area (Å²) in [5.41, 5.74) is -1.23. The number of carbonyl (C=O) groups is 3. The van der Waals surface area contributed by atoms with Crippen LogP contribution >= 0.6 is 11.6 Å². The monoisotopic (exact) mass is 378 g/mol. The lowest BCUT2D eigenvalue weighted by Crippen LogP contribution is -2.34. The van der Waals surface area contributed by atoms with Gasteiger partial charge < -0.3 is 14.2 Å². The first-order chi connectivity index (χ1) is 11.9. The number of esters is 2. The van der Waals surface area contributed by atoms with Crippen LogP contribution in [0, 0.1) is 0 Å². The molecule has 0 saturated carbocycles. The molecule has 0 saturated heterocycles. The minimum absolute atomic E-state index is 0.154. The van der Waals surface area contributed by atoms with Gasteiger partial charge in [0.05, 0.1) is 6.10 Å². The Bertz CT molecular complexity index is 397. The van der Waals surface area contributed by atoms with Crippen molar-refractivity contribution < 1.29 is 28.6 Å². The third kappa shape index (κ3) is 14.7. The van der Waals surface area contributed by atoms with E-state index < -0.39 is 29.8 Å². The minimum Gasteiger partial charge on any atom is -0.457 e. The molecule has 0 aromatic rings. The Kier molecular flexibility index (Phi) is 14.2. The van der Waals surface area contributed by atoms with E-state index in [9.17, 15) is 14.4 Å². The summed E-state index contributed by atoms with van der Waals surface area (Å²) in [7, 11) is 0. The molecule has 25 heavy (non-hydrogen) atoms. The standard InChI is InChI=1S/C18H31ClO6/c1-4-5-6-7-8-9-10-11-12-13-15(20)24-17(25-18(19)22)16(21)23-14(2)3/h14,17H,4-13H2,1-3H3. The van der Waals surface area contributed by atoms with Crippen LogP contribution in [0.4, 0.5) is 4.79 Å². The van der Waals surface area contributed by atoms with Crippen LogP contribution in [0.5, 0.6) is 0 Å². The molecule has 0 heterocycles. The Labute approximate surface area is 155 Å². The first kappa shape index (κ1) is 23.7. The van der Waals surface area contributed by atoms with E-state index in [0.29, 0.717) is 6.42 Å². The van der Waals surface area contributed by atoms with E-state index >= 15 is 0 Å². The van der Waals surface area contributed by atoms with Crippen molar-refractivity contribution in [1.29, 1.82) is 0 Å². The van der Waals surface area contributed by atoms with Gasteiger partial charge in [0.2, 0.25) is 0 Å². The van der Waals surface area contributed by atoms with Crippen molar-refractivity contribution >= 4 is 29.0 Å². The van der Waals surface area contributed by atoms with Crippen LogP contribution in [0.15, 0.2) is 0 Å². The lowest BCUT2D eigenvalue weighted by atomic mass is 10.1. The third-order valence-corrected chi connectivity index (χ3v) is 3.56. The van der Waals surface area contributed by atoms with E-state index in [1.165, 1.54) is 32.1 Å². The van der Waals surface area contributed by atoms with Gasteiger partial charge in [-0.2, -0.15) is 0 Å². The van der Waals surface area contributed by atoms with Gasteiger partial charge in [0.1, 0.15) is 0 Å².